The molecule has 0 aliphatic rings. The number of hydrogen-bond acceptors (Lipinski definition) is 4. The van der Waals surface area contributed by atoms with Crippen molar-refractivity contribution in [2.24, 2.45) is 0 Å². The van der Waals surface area contributed by atoms with Crippen LogP contribution in [0.1, 0.15) is 4.88 Å². The summed E-state index contributed by atoms with van der Waals surface area (Å²) in [6.07, 6.45) is 1.52. The Hall–Kier alpha value is -0.970. The standard InChI is InChI=1S/C11H7ClN2S2/c1-6-8(7-3-2-4-15-7)9-10(16-6)11(12)14-5-13-9/h2-5H,1H3. The summed E-state index contributed by atoms with van der Waals surface area (Å²) in [6.45, 7) is 2.09. The van der Waals surface area contributed by atoms with Gasteiger partial charge in [0.1, 0.15) is 11.5 Å². The predicted octanol–water partition coefficient (Wildman–Crippen LogP) is 4.38. The van der Waals surface area contributed by atoms with Gasteiger partial charge >= 0.3 is 0 Å². The first-order valence-electron chi connectivity index (χ1n) is 4.71. The van der Waals surface area contributed by atoms with Crippen LogP contribution in [0.3, 0.4) is 0 Å². The summed E-state index contributed by atoms with van der Waals surface area (Å²) in [6, 6.07) is 4.15. The van der Waals surface area contributed by atoms with Gasteiger partial charge in [-0.25, -0.2) is 9.97 Å². The minimum absolute atomic E-state index is 0.543. The fourth-order valence-corrected chi connectivity index (χ4v) is 3.85. The summed E-state index contributed by atoms with van der Waals surface area (Å²) in [7, 11) is 0. The smallest absolute Gasteiger partial charge is 0.150 e. The fraction of sp³-hybridized carbons (Fsp3) is 0.0909. The van der Waals surface area contributed by atoms with E-state index in [0.29, 0.717) is 5.15 Å². The maximum Gasteiger partial charge on any atom is 0.150 e. The number of nitrogens with zero attached hydrogens (tertiary/aromatic N) is 2. The molecule has 0 aliphatic heterocycles. The lowest BCUT2D eigenvalue weighted by molar-refractivity contribution is 1.23. The van der Waals surface area contributed by atoms with Crippen molar-refractivity contribution in [3.05, 3.63) is 33.9 Å². The van der Waals surface area contributed by atoms with Gasteiger partial charge in [-0.1, -0.05) is 17.7 Å². The third-order valence-electron chi connectivity index (χ3n) is 2.37. The Morgan fingerprint density at radius 3 is 2.94 bits per heavy atom. The van der Waals surface area contributed by atoms with Gasteiger partial charge in [-0.05, 0) is 18.4 Å². The minimum Gasteiger partial charge on any atom is -0.235 e. The highest BCUT2D eigenvalue weighted by Gasteiger charge is 2.15. The molecule has 0 aliphatic carbocycles. The molecule has 0 spiro atoms. The summed E-state index contributed by atoms with van der Waals surface area (Å²) in [4.78, 5) is 10.8. The van der Waals surface area contributed by atoms with E-state index in [2.05, 4.69) is 28.3 Å². The highest BCUT2D eigenvalue weighted by atomic mass is 35.5. The van der Waals surface area contributed by atoms with E-state index in [4.69, 9.17) is 11.6 Å². The molecule has 0 atom stereocenters. The van der Waals surface area contributed by atoms with Crippen molar-refractivity contribution in [3.8, 4) is 10.4 Å². The second kappa shape index (κ2) is 3.80. The van der Waals surface area contributed by atoms with Crippen LogP contribution in [0.2, 0.25) is 5.15 Å². The van der Waals surface area contributed by atoms with Crippen molar-refractivity contribution >= 4 is 44.5 Å². The molecule has 0 N–H and O–H groups in total. The maximum absolute atomic E-state index is 6.07. The molecule has 0 aromatic carbocycles. The number of aromatic nitrogens is 2. The van der Waals surface area contributed by atoms with Crippen LogP contribution in [0.15, 0.2) is 23.8 Å². The first kappa shape index (κ1) is 10.2. The van der Waals surface area contributed by atoms with Gasteiger partial charge in [0, 0.05) is 15.3 Å². The van der Waals surface area contributed by atoms with Crippen LogP contribution in [-0.4, -0.2) is 9.97 Å². The molecule has 80 valence electrons. The Morgan fingerprint density at radius 2 is 2.19 bits per heavy atom. The van der Waals surface area contributed by atoms with Gasteiger partial charge in [-0.15, -0.1) is 22.7 Å². The molecular formula is C11H7ClN2S2. The quantitative estimate of drug-likeness (QED) is 0.611. The predicted molar refractivity (Wildman–Crippen MR) is 70.5 cm³/mol. The van der Waals surface area contributed by atoms with Crippen LogP contribution < -0.4 is 0 Å². The molecule has 3 heterocycles. The van der Waals surface area contributed by atoms with Gasteiger partial charge in [-0.3, -0.25) is 0 Å². The molecule has 0 fully saturated rings. The van der Waals surface area contributed by atoms with Gasteiger partial charge in [0.2, 0.25) is 0 Å². The van der Waals surface area contributed by atoms with E-state index in [1.807, 2.05) is 6.07 Å². The van der Waals surface area contributed by atoms with Crippen molar-refractivity contribution in [1.82, 2.24) is 9.97 Å². The number of fused-ring (bicyclic) bond motifs is 1. The highest BCUT2D eigenvalue weighted by Crippen LogP contribution is 2.40. The summed E-state index contributed by atoms with van der Waals surface area (Å²) in [5, 5.41) is 2.61. The van der Waals surface area contributed by atoms with Crippen LogP contribution in [0.4, 0.5) is 0 Å². The van der Waals surface area contributed by atoms with Crippen LogP contribution in [0, 0.1) is 6.92 Å². The lowest BCUT2D eigenvalue weighted by Crippen LogP contribution is -1.80. The van der Waals surface area contributed by atoms with E-state index in [-0.39, 0.29) is 0 Å². The second-order valence-corrected chi connectivity index (χ2v) is 5.88. The molecule has 0 radical (unpaired) electrons. The molecule has 0 bridgehead atoms. The van der Waals surface area contributed by atoms with Crippen LogP contribution >= 0.6 is 34.3 Å². The molecular weight excluding hydrogens is 260 g/mol. The number of aryl methyl sites for hydroxylation is 1. The Bertz CT molecular complexity index is 643. The molecule has 16 heavy (non-hydrogen) atoms. The maximum atomic E-state index is 6.07. The third-order valence-corrected chi connectivity index (χ3v) is 4.76. The van der Waals surface area contributed by atoms with Gasteiger partial charge < -0.3 is 0 Å². The SMILES string of the molecule is Cc1sc2c(Cl)ncnc2c1-c1cccs1. The van der Waals surface area contributed by atoms with E-state index >= 15 is 0 Å². The summed E-state index contributed by atoms with van der Waals surface area (Å²) in [5.74, 6) is 0. The molecule has 3 aromatic rings. The lowest BCUT2D eigenvalue weighted by Gasteiger charge is -1.96. The molecule has 0 saturated heterocycles. The van der Waals surface area contributed by atoms with Gasteiger partial charge in [0.05, 0.1) is 10.2 Å². The molecule has 5 heteroatoms. The molecule has 3 aromatic heterocycles. The Balaban J connectivity index is 2.41. The van der Waals surface area contributed by atoms with E-state index in [1.165, 1.54) is 21.6 Å². The number of rotatable bonds is 1. The monoisotopic (exact) mass is 266 g/mol. The van der Waals surface area contributed by atoms with Crippen molar-refractivity contribution < 1.29 is 0 Å². The van der Waals surface area contributed by atoms with Gasteiger partial charge in [0.15, 0.2) is 0 Å². The number of hydrogen-bond donors (Lipinski definition) is 0. The number of halogens is 1. The van der Waals surface area contributed by atoms with Crippen LogP contribution in [0.5, 0.6) is 0 Å². The zero-order chi connectivity index (χ0) is 11.1. The number of thiophene rings is 2. The minimum atomic E-state index is 0.543. The Kier molecular flexibility index (Phi) is 2.42. The van der Waals surface area contributed by atoms with E-state index < -0.39 is 0 Å². The summed E-state index contributed by atoms with van der Waals surface area (Å²) < 4.78 is 0.977. The first-order chi connectivity index (χ1) is 7.77. The van der Waals surface area contributed by atoms with Crippen molar-refractivity contribution in [3.63, 3.8) is 0 Å². The summed E-state index contributed by atoms with van der Waals surface area (Å²) >= 11 is 9.44. The Labute approximate surface area is 106 Å². The largest absolute Gasteiger partial charge is 0.235 e. The van der Waals surface area contributed by atoms with Crippen molar-refractivity contribution in [1.29, 1.82) is 0 Å². The van der Waals surface area contributed by atoms with E-state index in [1.54, 1.807) is 22.7 Å². The molecule has 0 saturated carbocycles. The fourth-order valence-electron chi connectivity index (χ4n) is 1.70. The normalized spacial score (nSPS) is 11.1. The second-order valence-electron chi connectivity index (χ2n) is 3.35. The molecule has 0 unspecified atom stereocenters. The summed E-state index contributed by atoms with van der Waals surface area (Å²) in [5.41, 5.74) is 2.16. The molecule has 0 amide bonds. The van der Waals surface area contributed by atoms with Crippen molar-refractivity contribution in [2.75, 3.05) is 0 Å². The average Bonchev–Trinajstić information content (AvgIpc) is 2.85. The Morgan fingerprint density at radius 1 is 1.31 bits per heavy atom. The van der Waals surface area contributed by atoms with Crippen molar-refractivity contribution in [2.45, 2.75) is 6.92 Å². The van der Waals surface area contributed by atoms with Gasteiger partial charge in [0.25, 0.3) is 0 Å². The van der Waals surface area contributed by atoms with Crippen LogP contribution in [-0.2, 0) is 0 Å². The topological polar surface area (TPSA) is 25.8 Å². The van der Waals surface area contributed by atoms with Crippen LogP contribution in [0.25, 0.3) is 20.7 Å². The third kappa shape index (κ3) is 1.45. The zero-order valence-electron chi connectivity index (χ0n) is 8.40. The van der Waals surface area contributed by atoms with Gasteiger partial charge in [-0.2, -0.15) is 0 Å². The molecule has 2 nitrogen and oxygen atoms in total. The first-order valence-corrected chi connectivity index (χ1v) is 6.78. The zero-order valence-corrected chi connectivity index (χ0v) is 10.8. The van der Waals surface area contributed by atoms with E-state index in [9.17, 15) is 0 Å². The highest BCUT2D eigenvalue weighted by molar-refractivity contribution is 7.21. The lowest BCUT2D eigenvalue weighted by atomic mass is 10.2. The average molecular weight is 267 g/mol. The van der Waals surface area contributed by atoms with E-state index in [0.717, 1.165) is 10.2 Å². The molecule has 3 rings (SSSR count).